The number of benzene rings is 2. The van der Waals surface area contributed by atoms with Gasteiger partial charge in [-0.05, 0) is 0 Å². The molecular formula is C17H15B2F8NO7. The Morgan fingerprint density at radius 3 is 1.06 bits per heavy atom. The largest absolute Gasteiger partial charge is 0.494 e. The maximum Gasteiger partial charge on any atom is 0.494 e. The first-order valence-electron chi connectivity index (χ1n) is 9.00. The van der Waals surface area contributed by atoms with E-state index >= 15 is 0 Å². The molecule has 0 unspecified atom stereocenters. The van der Waals surface area contributed by atoms with Crippen molar-refractivity contribution in [2.75, 3.05) is 7.05 Å². The van der Waals surface area contributed by atoms with E-state index < -0.39 is 94.7 Å². The Morgan fingerprint density at radius 1 is 0.600 bits per heavy atom. The lowest BCUT2D eigenvalue weighted by Gasteiger charge is -2.10. The number of hydrogen-bond donors (Lipinski definition) is 6. The monoisotopic (exact) mass is 519 g/mol. The fourth-order valence-electron chi connectivity index (χ4n) is 2.26. The molecule has 0 radical (unpaired) electrons. The Labute approximate surface area is 191 Å². The average Bonchev–Trinajstić information content (AvgIpc) is 2.78. The van der Waals surface area contributed by atoms with E-state index in [9.17, 15) is 44.7 Å². The van der Waals surface area contributed by atoms with Gasteiger partial charge in [-0.1, -0.05) is 13.8 Å². The summed E-state index contributed by atoms with van der Waals surface area (Å²) >= 11 is 0. The van der Waals surface area contributed by atoms with Gasteiger partial charge in [-0.25, -0.2) is 39.9 Å². The van der Waals surface area contributed by atoms with Crippen molar-refractivity contribution in [1.82, 2.24) is 5.32 Å². The molecule has 0 aromatic heterocycles. The fourth-order valence-corrected chi connectivity index (χ4v) is 2.26. The molecule has 1 amide bonds. The van der Waals surface area contributed by atoms with Crippen LogP contribution in [-0.4, -0.2) is 58.4 Å². The van der Waals surface area contributed by atoms with Gasteiger partial charge in [0.2, 0.25) is 0 Å². The van der Waals surface area contributed by atoms with Gasteiger partial charge in [-0.3, -0.25) is 4.79 Å². The Morgan fingerprint density at radius 2 is 0.857 bits per heavy atom. The standard InChI is InChI=1S/C8H6BF4NO3.C7H3BF4O4.C2H6/c1-14-8(15)2-4(10)6(12)3(9(16)17)7(13)5(2)11;9-3-1(7(13)14)4(10)6(12)2(5(3)11)8(15)16;1-2/h16-17H,1H3,(H,14,15);15-16H,(H,13,14);1-2H3. The first kappa shape index (κ1) is 31.8. The highest BCUT2D eigenvalue weighted by Crippen LogP contribution is 2.19. The van der Waals surface area contributed by atoms with Gasteiger partial charge >= 0.3 is 20.2 Å². The molecule has 0 bridgehead atoms. The molecule has 0 spiro atoms. The van der Waals surface area contributed by atoms with Crippen molar-refractivity contribution in [3.05, 3.63) is 57.7 Å². The number of carboxylic acids is 1. The highest BCUT2D eigenvalue weighted by molar-refractivity contribution is 6.59. The molecule has 192 valence electrons. The smallest absolute Gasteiger partial charge is 0.477 e. The molecule has 18 heteroatoms. The highest BCUT2D eigenvalue weighted by Gasteiger charge is 2.34. The molecule has 0 heterocycles. The number of amides is 1. The van der Waals surface area contributed by atoms with Crippen molar-refractivity contribution in [2.24, 2.45) is 0 Å². The number of carbonyl (C=O) groups is 2. The van der Waals surface area contributed by atoms with Crippen LogP contribution in [-0.2, 0) is 0 Å². The number of carbonyl (C=O) groups excluding carboxylic acids is 1. The second-order valence-electron chi connectivity index (χ2n) is 5.72. The molecule has 0 aliphatic rings. The lowest BCUT2D eigenvalue weighted by Crippen LogP contribution is -2.39. The van der Waals surface area contributed by atoms with Crippen LogP contribution in [0, 0.1) is 46.5 Å². The normalized spacial score (nSPS) is 9.91. The maximum absolute atomic E-state index is 13.2. The molecule has 0 saturated carbocycles. The highest BCUT2D eigenvalue weighted by atomic mass is 19.2. The molecule has 0 fully saturated rings. The SMILES string of the molecule is CC.CNC(=O)c1c(F)c(F)c(B(O)O)c(F)c1F.O=C(O)c1c(F)c(F)c(B(O)O)c(F)c1F. The zero-order valence-electron chi connectivity index (χ0n) is 17.7. The van der Waals surface area contributed by atoms with Crippen LogP contribution < -0.4 is 16.2 Å². The summed E-state index contributed by atoms with van der Waals surface area (Å²) in [5.74, 6) is -20.4. The topological polar surface area (TPSA) is 147 Å². The summed E-state index contributed by atoms with van der Waals surface area (Å²) < 4.78 is 105. The van der Waals surface area contributed by atoms with Gasteiger partial charge in [0.25, 0.3) is 5.91 Å². The lowest BCUT2D eigenvalue weighted by molar-refractivity contribution is 0.0683. The minimum absolute atomic E-state index is 1.01. The first-order chi connectivity index (χ1) is 16.1. The number of carboxylic acid groups (broad SMARTS) is 1. The zero-order chi connectivity index (χ0) is 27.9. The van der Waals surface area contributed by atoms with Crippen LogP contribution in [0.3, 0.4) is 0 Å². The van der Waals surface area contributed by atoms with Gasteiger partial charge in [0.15, 0.2) is 46.5 Å². The maximum atomic E-state index is 13.2. The van der Waals surface area contributed by atoms with Crippen molar-refractivity contribution in [1.29, 1.82) is 0 Å². The molecule has 2 aromatic rings. The molecule has 0 aliphatic carbocycles. The second kappa shape index (κ2) is 13.0. The van der Waals surface area contributed by atoms with Crippen LogP contribution in [0.4, 0.5) is 35.1 Å². The van der Waals surface area contributed by atoms with Crippen LogP contribution in [0.1, 0.15) is 34.6 Å². The number of nitrogens with one attached hydrogen (secondary N) is 1. The van der Waals surface area contributed by atoms with Crippen LogP contribution in [0.25, 0.3) is 0 Å². The van der Waals surface area contributed by atoms with Crippen LogP contribution in [0.15, 0.2) is 0 Å². The van der Waals surface area contributed by atoms with Crippen molar-refractivity contribution in [3.8, 4) is 0 Å². The molecule has 0 aliphatic heterocycles. The summed E-state index contributed by atoms with van der Waals surface area (Å²) in [7, 11) is -4.53. The number of rotatable bonds is 4. The fraction of sp³-hybridized carbons (Fsp3) is 0.176. The molecule has 2 rings (SSSR count). The predicted molar refractivity (Wildman–Crippen MR) is 104 cm³/mol. The van der Waals surface area contributed by atoms with Crippen LogP contribution in [0.5, 0.6) is 0 Å². The number of hydrogen-bond acceptors (Lipinski definition) is 6. The zero-order valence-corrected chi connectivity index (χ0v) is 17.7. The average molecular weight is 519 g/mol. The van der Waals surface area contributed by atoms with Gasteiger partial charge in [-0.15, -0.1) is 0 Å². The van der Waals surface area contributed by atoms with Gasteiger partial charge in [0.05, 0.1) is 10.9 Å². The third-order valence-corrected chi connectivity index (χ3v) is 3.78. The summed E-state index contributed by atoms with van der Waals surface area (Å²) in [5, 5.41) is 44.1. The molecule has 2 aromatic carbocycles. The summed E-state index contributed by atoms with van der Waals surface area (Å²) in [6, 6.07) is 0. The lowest BCUT2D eigenvalue weighted by atomic mass is 9.78. The minimum atomic E-state index is -2.80. The van der Waals surface area contributed by atoms with E-state index in [1.807, 2.05) is 13.8 Å². The van der Waals surface area contributed by atoms with Gasteiger partial charge < -0.3 is 30.5 Å². The Bertz CT molecular complexity index is 1060. The summed E-state index contributed by atoms with van der Waals surface area (Å²) in [5.41, 5.74) is -6.57. The van der Waals surface area contributed by atoms with Crippen molar-refractivity contribution in [2.45, 2.75) is 13.8 Å². The van der Waals surface area contributed by atoms with E-state index in [0.29, 0.717) is 0 Å². The molecule has 35 heavy (non-hydrogen) atoms. The van der Waals surface area contributed by atoms with E-state index in [1.165, 1.54) is 0 Å². The minimum Gasteiger partial charge on any atom is -0.477 e. The van der Waals surface area contributed by atoms with Crippen molar-refractivity contribution in [3.63, 3.8) is 0 Å². The quantitative estimate of drug-likeness (QED) is 0.189. The molecule has 0 atom stereocenters. The third-order valence-electron chi connectivity index (χ3n) is 3.78. The van der Waals surface area contributed by atoms with Crippen LogP contribution in [0.2, 0.25) is 0 Å². The molecule has 8 nitrogen and oxygen atoms in total. The van der Waals surface area contributed by atoms with E-state index in [0.717, 1.165) is 7.05 Å². The van der Waals surface area contributed by atoms with Crippen molar-refractivity contribution < 1.29 is 69.9 Å². The Balaban J connectivity index is 0.000000618. The van der Waals surface area contributed by atoms with Gasteiger partial charge in [0, 0.05) is 7.05 Å². The van der Waals surface area contributed by atoms with E-state index in [1.54, 1.807) is 5.32 Å². The predicted octanol–water partition coefficient (Wildman–Crippen LogP) is -0.0704. The van der Waals surface area contributed by atoms with Crippen molar-refractivity contribution >= 4 is 37.0 Å². The molecule has 0 saturated heterocycles. The third kappa shape index (κ3) is 6.47. The van der Waals surface area contributed by atoms with E-state index in [-0.39, 0.29) is 0 Å². The Hall–Kier alpha value is -3.21. The van der Waals surface area contributed by atoms with Gasteiger partial charge in [-0.2, -0.15) is 0 Å². The number of halogens is 8. The Kier molecular flexibility index (Phi) is 11.8. The number of aromatic carboxylic acids is 1. The van der Waals surface area contributed by atoms with Gasteiger partial charge in [0.1, 0.15) is 11.1 Å². The van der Waals surface area contributed by atoms with E-state index in [2.05, 4.69) is 0 Å². The summed E-state index contributed by atoms with van der Waals surface area (Å²) in [6.45, 7) is 4.00. The molecule has 6 N–H and O–H groups in total. The summed E-state index contributed by atoms with van der Waals surface area (Å²) in [4.78, 5) is 21.3. The van der Waals surface area contributed by atoms with Crippen LogP contribution >= 0.6 is 0 Å². The first-order valence-corrected chi connectivity index (χ1v) is 9.00. The molecular weight excluding hydrogens is 504 g/mol. The summed E-state index contributed by atoms with van der Waals surface area (Å²) in [6.07, 6.45) is 0. The second-order valence-corrected chi connectivity index (χ2v) is 5.72. The van der Waals surface area contributed by atoms with E-state index in [4.69, 9.17) is 25.2 Å².